The first kappa shape index (κ1) is 17.0. The van der Waals surface area contributed by atoms with Gasteiger partial charge >= 0.3 is 5.97 Å². The molecular formula is C14H17N3O5S. The van der Waals surface area contributed by atoms with Gasteiger partial charge in [0.15, 0.2) is 0 Å². The van der Waals surface area contributed by atoms with Crippen molar-refractivity contribution in [3.8, 4) is 5.75 Å². The summed E-state index contributed by atoms with van der Waals surface area (Å²) in [6, 6.07) is 5.66. The number of aliphatic carboxylic acids is 1. The Morgan fingerprint density at radius 3 is 2.78 bits per heavy atom. The predicted octanol–water partition coefficient (Wildman–Crippen LogP) is 1.22. The summed E-state index contributed by atoms with van der Waals surface area (Å²) in [4.78, 5) is 11.1. The Bertz CT molecular complexity index is 800. The van der Waals surface area contributed by atoms with E-state index in [2.05, 4.69) is 14.9 Å². The van der Waals surface area contributed by atoms with Crippen LogP contribution in [-0.4, -0.2) is 36.8 Å². The quantitative estimate of drug-likeness (QED) is 0.697. The zero-order valence-corrected chi connectivity index (χ0v) is 13.4. The fraction of sp³-hybridized carbons (Fsp3) is 0.286. The molecule has 1 heterocycles. The van der Waals surface area contributed by atoms with Crippen LogP contribution in [0.4, 0.5) is 0 Å². The third-order valence-corrected chi connectivity index (χ3v) is 4.83. The van der Waals surface area contributed by atoms with Gasteiger partial charge in [0, 0.05) is 0 Å². The largest absolute Gasteiger partial charge is 0.497 e. The van der Waals surface area contributed by atoms with E-state index in [1.807, 2.05) is 0 Å². The number of rotatable bonds is 7. The molecule has 0 aliphatic rings. The molecule has 1 aromatic carbocycles. The molecule has 0 radical (unpaired) electrons. The summed E-state index contributed by atoms with van der Waals surface area (Å²) < 4.78 is 32.4. The molecule has 2 aromatic rings. The monoisotopic (exact) mass is 339 g/mol. The lowest BCUT2D eigenvalue weighted by atomic mass is 10.0. The summed E-state index contributed by atoms with van der Waals surface area (Å²) in [5.74, 6) is -0.610. The maximum atomic E-state index is 12.4. The molecule has 0 saturated heterocycles. The Morgan fingerprint density at radius 1 is 1.48 bits per heavy atom. The van der Waals surface area contributed by atoms with Gasteiger partial charge < -0.3 is 9.84 Å². The standard InChI is InChI=1S/C14H17N3O5S/c1-9-13(8-15-16-9)23(20,21)17-12(7-14(18)19)10-4-3-5-11(6-10)22-2/h3-6,8,12,17H,7H2,1-2H3,(H,15,16)(H,18,19). The molecule has 0 aliphatic carbocycles. The molecule has 0 amide bonds. The fourth-order valence-electron chi connectivity index (χ4n) is 2.12. The number of carboxylic acids is 1. The first-order valence-corrected chi connectivity index (χ1v) is 8.20. The summed E-state index contributed by atoms with van der Waals surface area (Å²) in [6.07, 6.45) is 0.782. The summed E-state index contributed by atoms with van der Waals surface area (Å²) in [7, 11) is -2.43. The highest BCUT2D eigenvalue weighted by Gasteiger charge is 2.26. The Balaban J connectivity index is 2.36. The number of nitrogens with zero attached hydrogens (tertiary/aromatic N) is 1. The summed E-state index contributed by atoms with van der Waals surface area (Å²) >= 11 is 0. The molecule has 0 fully saturated rings. The van der Waals surface area contributed by atoms with Gasteiger partial charge in [0.2, 0.25) is 10.0 Å². The normalized spacial score (nSPS) is 12.8. The van der Waals surface area contributed by atoms with Gasteiger partial charge in [-0.1, -0.05) is 12.1 Å². The molecule has 0 aliphatic heterocycles. The van der Waals surface area contributed by atoms with Crippen LogP contribution >= 0.6 is 0 Å². The number of H-pyrrole nitrogens is 1. The number of hydrogen-bond donors (Lipinski definition) is 3. The Hall–Kier alpha value is -2.39. The maximum absolute atomic E-state index is 12.4. The van der Waals surface area contributed by atoms with E-state index in [1.54, 1.807) is 31.2 Å². The minimum Gasteiger partial charge on any atom is -0.497 e. The van der Waals surface area contributed by atoms with Crippen molar-refractivity contribution < 1.29 is 23.1 Å². The van der Waals surface area contributed by atoms with Gasteiger partial charge in [0.25, 0.3) is 0 Å². The molecule has 1 atom stereocenters. The van der Waals surface area contributed by atoms with Crippen molar-refractivity contribution in [1.82, 2.24) is 14.9 Å². The molecule has 124 valence electrons. The number of benzene rings is 1. The number of sulfonamides is 1. The molecule has 1 unspecified atom stereocenters. The zero-order valence-electron chi connectivity index (χ0n) is 12.6. The molecule has 0 spiro atoms. The molecule has 8 nitrogen and oxygen atoms in total. The lowest BCUT2D eigenvalue weighted by Gasteiger charge is -2.18. The summed E-state index contributed by atoms with van der Waals surface area (Å²) in [5, 5.41) is 15.3. The lowest BCUT2D eigenvalue weighted by Crippen LogP contribution is -2.30. The van der Waals surface area contributed by atoms with Crippen molar-refractivity contribution in [2.75, 3.05) is 7.11 Å². The van der Waals surface area contributed by atoms with Crippen molar-refractivity contribution in [3.63, 3.8) is 0 Å². The zero-order chi connectivity index (χ0) is 17.0. The number of aromatic amines is 1. The van der Waals surface area contributed by atoms with E-state index in [4.69, 9.17) is 9.84 Å². The van der Waals surface area contributed by atoms with Gasteiger partial charge in [-0.05, 0) is 24.6 Å². The predicted molar refractivity (Wildman–Crippen MR) is 81.6 cm³/mol. The SMILES string of the molecule is COc1cccc(C(CC(=O)O)NS(=O)(=O)c2cn[nH]c2C)c1. The Kier molecular flexibility index (Phi) is 5.02. The molecule has 3 N–H and O–H groups in total. The molecule has 23 heavy (non-hydrogen) atoms. The topological polar surface area (TPSA) is 121 Å². The van der Waals surface area contributed by atoms with Crippen LogP contribution in [-0.2, 0) is 14.8 Å². The highest BCUT2D eigenvalue weighted by atomic mass is 32.2. The maximum Gasteiger partial charge on any atom is 0.305 e. The Morgan fingerprint density at radius 2 is 2.22 bits per heavy atom. The van der Waals surface area contributed by atoms with Gasteiger partial charge in [-0.25, -0.2) is 13.1 Å². The fourth-order valence-corrected chi connectivity index (χ4v) is 3.48. The van der Waals surface area contributed by atoms with Crippen molar-refractivity contribution in [2.24, 2.45) is 0 Å². The van der Waals surface area contributed by atoms with Gasteiger partial charge in [-0.2, -0.15) is 5.10 Å². The molecule has 2 rings (SSSR count). The lowest BCUT2D eigenvalue weighted by molar-refractivity contribution is -0.137. The minimum absolute atomic E-state index is 0.0178. The number of carbonyl (C=O) groups is 1. The second-order valence-electron chi connectivity index (χ2n) is 4.91. The highest BCUT2D eigenvalue weighted by Crippen LogP contribution is 2.24. The summed E-state index contributed by atoms with van der Waals surface area (Å²) in [5.41, 5.74) is 0.869. The van der Waals surface area contributed by atoms with Crippen molar-refractivity contribution >= 4 is 16.0 Å². The van der Waals surface area contributed by atoms with E-state index in [-0.39, 0.29) is 4.90 Å². The van der Waals surface area contributed by atoms with E-state index in [1.165, 1.54) is 13.3 Å². The number of carboxylic acid groups (broad SMARTS) is 1. The first-order chi connectivity index (χ1) is 10.8. The molecule has 0 saturated carbocycles. The molecule has 9 heteroatoms. The summed E-state index contributed by atoms with van der Waals surface area (Å²) in [6.45, 7) is 1.57. The van der Waals surface area contributed by atoms with Crippen LogP contribution in [0.15, 0.2) is 35.4 Å². The number of hydrogen-bond acceptors (Lipinski definition) is 5. The van der Waals surface area contributed by atoms with Crippen LogP contribution in [0.2, 0.25) is 0 Å². The van der Waals surface area contributed by atoms with Crippen LogP contribution < -0.4 is 9.46 Å². The van der Waals surface area contributed by atoms with Crippen LogP contribution in [0.25, 0.3) is 0 Å². The first-order valence-electron chi connectivity index (χ1n) is 6.71. The number of methoxy groups -OCH3 is 1. The average Bonchev–Trinajstić information content (AvgIpc) is 2.93. The van der Waals surface area contributed by atoms with Crippen molar-refractivity contribution in [1.29, 1.82) is 0 Å². The number of ether oxygens (including phenoxy) is 1. The van der Waals surface area contributed by atoms with Gasteiger partial charge in [-0.15, -0.1) is 0 Å². The van der Waals surface area contributed by atoms with Crippen LogP contribution in [0.5, 0.6) is 5.75 Å². The van der Waals surface area contributed by atoms with E-state index in [9.17, 15) is 13.2 Å². The van der Waals surface area contributed by atoms with Crippen molar-refractivity contribution in [2.45, 2.75) is 24.3 Å². The van der Waals surface area contributed by atoms with Gasteiger partial charge in [0.1, 0.15) is 10.6 Å². The number of aryl methyl sites for hydroxylation is 1. The van der Waals surface area contributed by atoms with E-state index >= 15 is 0 Å². The van der Waals surface area contributed by atoms with Crippen LogP contribution in [0.3, 0.4) is 0 Å². The van der Waals surface area contributed by atoms with E-state index < -0.39 is 28.5 Å². The van der Waals surface area contributed by atoms with Crippen LogP contribution in [0, 0.1) is 6.92 Å². The molecule has 0 bridgehead atoms. The third-order valence-electron chi connectivity index (χ3n) is 3.25. The second kappa shape index (κ2) is 6.80. The second-order valence-corrected chi connectivity index (χ2v) is 6.59. The molecular weight excluding hydrogens is 322 g/mol. The molecule has 1 aromatic heterocycles. The number of nitrogens with one attached hydrogen (secondary N) is 2. The minimum atomic E-state index is -3.91. The third kappa shape index (κ3) is 4.08. The number of aromatic nitrogens is 2. The van der Waals surface area contributed by atoms with E-state index in [0.29, 0.717) is 17.0 Å². The average molecular weight is 339 g/mol. The van der Waals surface area contributed by atoms with E-state index in [0.717, 1.165) is 0 Å². The van der Waals surface area contributed by atoms with Crippen molar-refractivity contribution in [3.05, 3.63) is 41.7 Å². The Labute approximate surface area is 133 Å². The van der Waals surface area contributed by atoms with Crippen LogP contribution in [0.1, 0.15) is 23.7 Å². The highest BCUT2D eigenvalue weighted by molar-refractivity contribution is 7.89. The smallest absolute Gasteiger partial charge is 0.305 e. The van der Waals surface area contributed by atoms with Gasteiger partial charge in [0.05, 0.1) is 31.5 Å². The van der Waals surface area contributed by atoms with Gasteiger partial charge in [-0.3, -0.25) is 9.89 Å².